The largest absolute Gasteiger partial charge is 0.294 e. The zero-order valence-electron chi connectivity index (χ0n) is 8.75. The molecule has 0 aromatic heterocycles. The molecule has 2 aliphatic rings. The van der Waals surface area contributed by atoms with E-state index in [-0.39, 0.29) is 0 Å². The predicted octanol–water partition coefficient (Wildman–Crippen LogP) is 3.14. The molecule has 0 bridgehead atoms. The van der Waals surface area contributed by atoms with Crippen LogP contribution >= 0.6 is 0 Å². The highest BCUT2D eigenvalue weighted by molar-refractivity contribution is 6.26. The topological polar surface area (TPSA) is 17.1 Å². The van der Waals surface area contributed by atoms with E-state index in [4.69, 9.17) is 0 Å². The molecule has 0 atom stereocenters. The highest BCUT2D eigenvalue weighted by atomic mass is 16.1. The minimum absolute atomic E-state index is 0.341. The highest BCUT2D eigenvalue weighted by Crippen LogP contribution is 2.37. The third-order valence-electron chi connectivity index (χ3n) is 3.48. The molecule has 1 heteroatoms. The molecule has 2 aliphatic carbocycles. The Kier molecular flexibility index (Phi) is 1.98. The van der Waals surface area contributed by atoms with Gasteiger partial charge in [0, 0.05) is 12.0 Å². The van der Waals surface area contributed by atoms with Crippen LogP contribution in [-0.2, 0) is 11.2 Å². The number of hydrogen-bond donors (Lipinski definition) is 0. The first-order valence-electron chi connectivity index (χ1n) is 5.70. The standard InChI is InChI=1S/C14H14O/c15-13-9-11-7-3-4-8-12(11)14(13)10-5-1-2-6-10/h3-4,7-8H,1-2,5-6,9H2. The molecule has 0 amide bonds. The molecule has 0 N–H and O–H groups in total. The van der Waals surface area contributed by atoms with Gasteiger partial charge >= 0.3 is 0 Å². The zero-order valence-corrected chi connectivity index (χ0v) is 8.75. The van der Waals surface area contributed by atoms with Crippen molar-refractivity contribution in [2.75, 3.05) is 0 Å². The Balaban J connectivity index is 2.17. The van der Waals surface area contributed by atoms with Gasteiger partial charge in [-0.05, 0) is 36.8 Å². The average molecular weight is 198 g/mol. The molecular weight excluding hydrogens is 184 g/mol. The molecule has 0 radical (unpaired) electrons. The first kappa shape index (κ1) is 8.90. The van der Waals surface area contributed by atoms with Gasteiger partial charge in [0.15, 0.2) is 5.78 Å². The van der Waals surface area contributed by atoms with Crippen molar-refractivity contribution in [2.24, 2.45) is 0 Å². The summed E-state index contributed by atoms with van der Waals surface area (Å²) in [6, 6.07) is 8.23. The lowest BCUT2D eigenvalue weighted by Crippen LogP contribution is -1.96. The van der Waals surface area contributed by atoms with E-state index in [0.29, 0.717) is 12.2 Å². The summed E-state index contributed by atoms with van der Waals surface area (Å²) in [5, 5.41) is 0. The lowest BCUT2D eigenvalue weighted by molar-refractivity contribution is -0.112. The van der Waals surface area contributed by atoms with Crippen LogP contribution in [0.1, 0.15) is 36.8 Å². The fourth-order valence-corrected chi connectivity index (χ4v) is 2.77. The Morgan fingerprint density at radius 2 is 1.73 bits per heavy atom. The normalized spacial score (nSPS) is 19.9. The quantitative estimate of drug-likeness (QED) is 0.585. The number of ketones is 1. The maximum atomic E-state index is 12.0. The number of carbonyl (C=O) groups excluding carboxylic acids is 1. The summed E-state index contributed by atoms with van der Waals surface area (Å²) in [4.78, 5) is 12.0. The van der Waals surface area contributed by atoms with Crippen LogP contribution in [0.25, 0.3) is 5.57 Å². The minimum atomic E-state index is 0.341. The maximum absolute atomic E-state index is 12.0. The summed E-state index contributed by atoms with van der Waals surface area (Å²) in [6.45, 7) is 0. The third-order valence-corrected chi connectivity index (χ3v) is 3.48. The van der Waals surface area contributed by atoms with Gasteiger partial charge < -0.3 is 0 Å². The molecule has 15 heavy (non-hydrogen) atoms. The van der Waals surface area contributed by atoms with Crippen LogP contribution in [0.15, 0.2) is 29.8 Å². The monoisotopic (exact) mass is 198 g/mol. The number of benzene rings is 1. The molecule has 1 saturated carbocycles. The number of Topliss-reactive ketones (excluding diaryl/α,β-unsaturated/α-hetero) is 1. The predicted molar refractivity (Wildman–Crippen MR) is 60.5 cm³/mol. The van der Waals surface area contributed by atoms with Crippen molar-refractivity contribution in [3.63, 3.8) is 0 Å². The van der Waals surface area contributed by atoms with Crippen molar-refractivity contribution < 1.29 is 4.79 Å². The lowest BCUT2D eigenvalue weighted by atomic mass is 10.0. The zero-order chi connectivity index (χ0) is 10.3. The van der Waals surface area contributed by atoms with E-state index in [1.807, 2.05) is 12.1 Å². The van der Waals surface area contributed by atoms with E-state index in [9.17, 15) is 4.79 Å². The first-order chi connectivity index (χ1) is 7.36. The molecule has 0 aliphatic heterocycles. The fourth-order valence-electron chi connectivity index (χ4n) is 2.77. The van der Waals surface area contributed by atoms with E-state index in [1.165, 1.54) is 29.5 Å². The van der Waals surface area contributed by atoms with Crippen molar-refractivity contribution in [3.05, 3.63) is 41.0 Å². The summed E-state index contributed by atoms with van der Waals surface area (Å²) >= 11 is 0. The third kappa shape index (κ3) is 1.34. The van der Waals surface area contributed by atoms with Crippen molar-refractivity contribution in [3.8, 4) is 0 Å². The van der Waals surface area contributed by atoms with Crippen LogP contribution in [0, 0.1) is 0 Å². The van der Waals surface area contributed by atoms with Gasteiger partial charge in [-0.2, -0.15) is 0 Å². The van der Waals surface area contributed by atoms with Gasteiger partial charge in [-0.1, -0.05) is 29.8 Å². The fraction of sp³-hybridized carbons (Fsp3) is 0.357. The van der Waals surface area contributed by atoms with Crippen molar-refractivity contribution >= 4 is 11.4 Å². The summed E-state index contributed by atoms with van der Waals surface area (Å²) in [6.07, 6.45) is 5.41. The number of rotatable bonds is 0. The molecule has 0 spiro atoms. The van der Waals surface area contributed by atoms with Crippen LogP contribution in [0.2, 0.25) is 0 Å². The van der Waals surface area contributed by atoms with E-state index < -0.39 is 0 Å². The Morgan fingerprint density at radius 3 is 2.53 bits per heavy atom. The number of allylic oxidation sites excluding steroid dienone is 2. The Hall–Kier alpha value is -1.37. The van der Waals surface area contributed by atoms with Gasteiger partial charge in [-0.25, -0.2) is 0 Å². The molecule has 3 rings (SSSR count). The summed E-state index contributed by atoms with van der Waals surface area (Å²) < 4.78 is 0. The second kappa shape index (κ2) is 3.34. The lowest BCUT2D eigenvalue weighted by Gasteiger charge is -2.03. The van der Waals surface area contributed by atoms with Crippen LogP contribution in [0.5, 0.6) is 0 Å². The van der Waals surface area contributed by atoms with Crippen molar-refractivity contribution in [1.82, 2.24) is 0 Å². The highest BCUT2D eigenvalue weighted by Gasteiger charge is 2.27. The Morgan fingerprint density at radius 1 is 1.00 bits per heavy atom. The summed E-state index contributed by atoms with van der Waals surface area (Å²) in [5.74, 6) is 0.341. The smallest absolute Gasteiger partial charge is 0.167 e. The molecule has 1 aromatic rings. The van der Waals surface area contributed by atoms with Gasteiger partial charge in [0.1, 0.15) is 0 Å². The molecule has 0 saturated heterocycles. The molecule has 1 aromatic carbocycles. The first-order valence-corrected chi connectivity index (χ1v) is 5.70. The molecule has 1 nitrogen and oxygen atoms in total. The van der Waals surface area contributed by atoms with Crippen molar-refractivity contribution in [2.45, 2.75) is 32.1 Å². The molecule has 0 unspecified atom stereocenters. The maximum Gasteiger partial charge on any atom is 0.167 e. The van der Waals surface area contributed by atoms with E-state index in [1.54, 1.807) is 0 Å². The van der Waals surface area contributed by atoms with E-state index >= 15 is 0 Å². The van der Waals surface area contributed by atoms with E-state index in [2.05, 4.69) is 12.1 Å². The second-order valence-electron chi connectivity index (χ2n) is 4.44. The second-order valence-corrected chi connectivity index (χ2v) is 4.44. The van der Waals surface area contributed by atoms with Gasteiger partial charge in [0.05, 0.1) is 0 Å². The number of hydrogen-bond acceptors (Lipinski definition) is 1. The van der Waals surface area contributed by atoms with Crippen LogP contribution in [0.4, 0.5) is 0 Å². The number of fused-ring (bicyclic) bond motifs is 1. The van der Waals surface area contributed by atoms with Gasteiger partial charge in [0.2, 0.25) is 0 Å². The summed E-state index contributed by atoms with van der Waals surface area (Å²) in [5.41, 5.74) is 4.89. The Labute approximate surface area is 89.8 Å². The molecular formula is C14H14O. The van der Waals surface area contributed by atoms with E-state index in [0.717, 1.165) is 18.4 Å². The van der Waals surface area contributed by atoms with Gasteiger partial charge in [-0.15, -0.1) is 0 Å². The summed E-state index contributed by atoms with van der Waals surface area (Å²) in [7, 11) is 0. The average Bonchev–Trinajstić information content (AvgIpc) is 2.82. The van der Waals surface area contributed by atoms with Crippen molar-refractivity contribution in [1.29, 1.82) is 0 Å². The number of carbonyl (C=O) groups is 1. The van der Waals surface area contributed by atoms with Crippen LogP contribution in [-0.4, -0.2) is 5.78 Å². The van der Waals surface area contributed by atoms with Gasteiger partial charge in [0.25, 0.3) is 0 Å². The van der Waals surface area contributed by atoms with Crippen LogP contribution in [0.3, 0.4) is 0 Å². The minimum Gasteiger partial charge on any atom is -0.294 e. The van der Waals surface area contributed by atoms with Crippen LogP contribution < -0.4 is 0 Å². The van der Waals surface area contributed by atoms with Gasteiger partial charge in [-0.3, -0.25) is 4.79 Å². The molecule has 0 heterocycles. The molecule has 1 fully saturated rings. The Bertz CT molecular complexity index is 446. The SMILES string of the molecule is O=C1Cc2ccccc2C1=C1CCCC1. The molecule has 76 valence electrons.